The Bertz CT molecular complexity index is 357. The van der Waals surface area contributed by atoms with E-state index in [1.807, 2.05) is 6.92 Å². The minimum atomic E-state index is -0.261. The zero-order chi connectivity index (χ0) is 11.4. The fourth-order valence-corrected chi connectivity index (χ4v) is 1.74. The smallest absolute Gasteiger partial charge is 0.201 e. The molecule has 0 bridgehead atoms. The van der Waals surface area contributed by atoms with Gasteiger partial charge < -0.3 is 10.1 Å². The van der Waals surface area contributed by atoms with E-state index >= 15 is 0 Å². The van der Waals surface area contributed by atoms with Crippen molar-refractivity contribution in [1.29, 1.82) is 0 Å². The molecule has 0 saturated carbocycles. The van der Waals surface area contributed by atoms with Gasteiger partial charge in [-0.1, -0.05) is 12.1 Å². The Hall–Kier alpha value is -1.27. The summed E-state index contributed by atoms with van der Waals surface area (Å²) in [4.78, 5) is 12.1. The van der Waals surface area contributed by atoms with E-state index in [1.165, 1.54) is 6.20 Å². The number of ether oxygens (including phenoxy) is 1. The number of morpholine rings is 1. The van der Waals surface area contributed by atoms with Crippen LogP contribution >= 0.6 is 0 Å². The van der Waals surface area contributed by atoms with Crippen LogP contribution in [0.15, 0.2) is 6.20 Å². The van der Waals surface area contributed by atoms with E-state index in [4.69, 9.17) is 4.74 Å². The summed E-state index contributed by atoms with van der Waals surface area (Å²) in [5, 5.41) is 10.8. The van der Waals surface area contributed by atoms with Crippen LogP contribution in [-0.4, -0.2) is 46.6 Å². The monoisotopic (exact) mass is 224 g/mol. The first kappa shape index (κ1) is 11.2. The molecule has 1 aromatic rings. The van der Waals surface area contributed by atoms with Crippen molar-refractivity contribution in [2.45, 2.75) is 25.9 Å². The standard InChI is InChI=1S/C10H16N4O2/c1-2-4-14-9(6-12-13-14)10(15)8-7-16-5-3-11-8/h6,8,11H,2-5,7H2,1H3. The van der Waals surface area contributed by atoms with E-state index in [9.17, 15) is 4.79 Å². The molecule has 16 heavy (non-hydrogen) atoms. The SMILES string of the molecule is CCCn1nncc1C(=O)C1COCCN1. The number of hydrogen-bond donors (Lipinski definition) is 1. The summed E-state index contributed by atoms with van der Waals surface area (Å²) in [6.07, 6.45) is 2.45. The van der Waals surface area contributed by atoms with Crippen LogP contribution in [0.25, 0.3) is 0 Å². The topological polar surface area (TPSA) is 69.0 Å². The van der Waals surface area contributed by atoms with Gasteiger partial charge in [0.1, 0.15) is 5.69 Å². The van der Waals surface area contributed by atoms with Gasteiger partial charge in [-0.2, -0.15) is 0 Å². The largest absolute Gasteiger partial charge is 0.378 e. The molecule has 2 rings (SSSR count). The molecule has 0 aliphatic carbocycles. The highest BCUT2D eigenvalue weighted by Crippen LogP contribution is 2.05. The molecule has 1 unspecified atom stereocenters. The molecular weight excluding hydrogens is 208 g/mol. The lowest BCUT2D eigenvalue weighted by atomic mass is 10.1. The van der Waals surface area contributed by atoms with Gasteiger partial charge in [-0.15, -0.1) is 5.10 Å². The van der Waals surface area contributed by atoms with Gasteiger partial charge in [0.15, 0.2) is 0 Å². The number of hydrogen-bond acceptors (Lipinski definition) is 5. The van der Waals surface area contributed by atoms with Crippen molar-refractivity contribution < 1.29 is 9.53 Å². The predicted molar refractivity (Wildman–Crippen MR) is 57.3 cm³/mol. The normalized spacial score (nSPS) is 20.9. The number of Topliss-reactive ketones (excluding diaryl/α,β-unsaturated/α-hetero) is 1. The van der Waals surface area contributed by atoms with Gasteiger partial charge in [-0.3, -0.25) is 4.79 Å². The average molecular weight is 224 g/mol. The van der Waals surface area contributed by atoms with Gasteiger partial charge in [-0.25, -0.2) is 4.68 Å². The lowest BCUT2D eigenvalue weighted by Crippen LogP contribution is -2.47. The summed E-state index contributed by atoms with van der Waals surface area (Å²) >= 11 is 0. The van der Waals surface area contributed by atoms with E-state index < -0.39 is 0 Å². The molecule has 1 fully saturated rings. The summed E-state index contributed by atoms with van der Waals surface area (Å²) in [6.45, 7) is 4.56. The third kappa shape index (κ3) is 2.28. The molecule has 0 spiro atoms. The van der Waals surface area contributed by atoms with Crippen LogP contribution in [0.5, 0.6) is 0 Å². The highest BCUT2D eigenvalue weighted by atomic mass is 16.5. The highest BCUT2D eigenvalue weighted by molar-refractivity contribution is 5.98. The lowest BCUT2D eigenvalue weighted by molar-refractivity contribution is 0.0600. The van der Waals surface area contributed by atoms with Gasteiger partial charge in [0, 0.05) is 13.1 Å². The number of aromatic nitrogens is 3. The highest BCUT2D eigenvalue weighted by Gasteiger charge is 2.25. The van der Waals surface area contributed by atoms with Gasteiger partial charge in [0.2, 0.25) is 5.78 Å². The number of rotatable bonds is 4. The maximum absolute atomic E-state index is 12.1. The second kappa shape index (κ2) is 5.18. The van der Waals surface area contributed by atoms with Crippen molar-refractivity contribution in [2.75, 3.05) is 19.8 Å². The van der Waals surface area contributed by atoms with Crippen molar-refractivity contribution in [3.05, 3.63) is 11.9 Å². The summed E-state index contributed by atoms with van der Waals surface area (Å²) < 4.78 is 6.92. The van der Waals surface area contributed by atoms with Gasteiger partial charge in [0.05, 0.1) is 25.5 Å². The second-order valence-corrected chi connectivity index (χ2v) is 3.79. The van der Waals surface area contributed by atoms with Crippen LogP contribution < -0.4 is 5.32 Å². The molecule has 1 aliphatic rings. The predicted octanol–water partition coefficient (Wildman–Crippen LogP) is -0.141. The molecule has 2 heterocycles. The molecule has 6 heteroatoms. The molecule has 1 aliphatic heterocycles. The van der Waals surface area contributed by atoms with Gasteiger partial charge in [-0.05, 0) is 6.42 Å². The molecule has 1 atom stereocenters. The minimum Gasteiger partial charge on any atom is -0.378 e. The quantitative estimate of drug-likeness (QED) is 0.721. The first-order chi connectivity index (χ1) is 7.83. The Morgan fingerprint density at radius 3 is 3.31 bits per heavy atom. The second-order valence-electron chi connectivity index (χ2n) is 3.79. The summed E-state index contributed by atoms with van der Waals surface area (Å²) in [5.41, 5.74) is 0.560. The fourth-order valence-electron chi connectivity index (χ4n) is 1.74. The number of carbonyl (C=O) groups excluding carboxylic acids is 1. The average Bonchev–Trinajstić information content (AvgIpc) is 2.78. The first-order valence-electron chi connectivity index (χ1n) is 5.56. The minimum absolute atomic E-state index is 0.0122. The molecule has 0 aromatic carbocycles. The summed E-state index contributed by atoms with van der Waals surface area (Å²) in [6, 6.07) is -0.261. The molecule has 0 radical (unpaired) electrons. The summed E-state index contributed by atoms with van der Waals surface area (Å²) in [7, 11) is 0. The van der Waals surface area contributed by atoms with E-state index in [-0.39, 0.29) is 11.8 Å². The van der Waals surface area contributed by atoms with Crippen molar-refractivity contribution in [1.82, 2.24) is 20.3 Å². The molecule has 1 N–H and O–H groups in total. The Kier molecular flexibility index (Phi) is 3.63. The van der Waals surface area contributed by atoms with Crippen LogP contribution in [-0.2, 0) is 11.3 Å². The maximum Gasteiger partial charge on any atom is 0.201 e. The Morgan fingerprint density at radius 1 is 1.75 bits per heavy atom. The Morgan fingerprint density at radius 2 is 2.62 bits per heavy atom. The number of nitrogens with zero attached hydrogens (tertiary/aromatic N) is 3. The van der Waals surface area contributed by atoms with Crippen LogP contribution in [0.4, 0.5) is 0 Å². The van der Waals surface area contributed by atoms with E-state index in [2.05, 4.69) is 15.6 Å². The van der Waals surface area contributed by atoms with E-state index in [1.54, 1.807) is 4.68 Å². The Labute approximate surface area is 94.0 Å². The van der Waals surface area contributed by atoms with E-state index in [0.717, 1.165) is 6.42 Å². The lowest BCUT2D eigenvalue weighted by Gasteiger charge is -2.22. The summed E-state index contributed by atoms with van der Waals surface area (Å²) in [5.74, 6) is 0.0122. The van der Waals surface area contributed by atoms with Crippen LogP contribution in [0, 0.1) is 0 Å². The molecule has 1 aromatic heterocycles. The zero-order valence-corrected chi connectivity index (χ0v) is 9.35. The first-order valence-corrected chi connectivity index (χ1v) is 5.56. The van der Waals surface area contributed by atoms with Crippen LogP contribution in [0.1, 0.15) is 23.8 Å². The molecule has 0 amide bonds. The zero-order valence-electron chi connectivity index (χ0n) is 9.35. The molecule has 88 valence electrons. The maximum atomic E-state index is 12.1. The molecule has 6 nitrogen and oxygen atoms in total. The fraction of sp³-hybridized carbons (Fsp3) is 0.700. The number of ketones is 1. The van der Waals surface area contributed by atoms with E-state index in [0.29, 0.717) is 32.0 Å². The third-order valence-electron chi connectivity index (χ3n) is 2.54. The number of aryl methyl sites for hydroxylation is 1. The van der Waals surface area contributed by atoms with Gasteiger partial charge in [0.25, 0.3) is 0 Å². The number of carbonyl (C=O) groups is 1. The van der Waals surface area contributed by atoms with Crippen molar-refractivity contribution in [3.8, 4) is 0 Å². The van der Waals surface area contributed by atoms with Crippen molar-refractivity contribution >= 4 is 5.78 Å². The van der Waals surface area contributed by atoms with Crippen molar-refractivity contribution in [3.63, 3.8) is 0 Å². The van der Waals surface area contributed by atoms with Crippen molar-refractivity contribution in [2.24, 2.45) is 0 Å². The van der Waals surface area contributed by atoms with Gasteiger partial charge >= 0.3 is 0 Å². The molecular formula is C10H16N4O2. The third-order valence-corrected chi connectivity index (χ3v) is 2.54. The molecule has 1 saturated heterocycles. The Balaban J connectivity index is 2.09. The number of nitrogens with one attached hydrogen (secondary N) is 1. The van der Waals surface area contributed by atoms with Crippen LogP contribution in [0.3, 0.4) is 0 Å². The van der Waals surface area contributed by atoms with Crippen LogP contribution in [0.2, 0.25) is 0 Å².